The lowest BCUT2D eigenvalue weighted by molar-refractivity contribution is 0.127. The van der Waals surface area contributed by atoms with Crippen molar-refractivity contribution >= 4 is 34.8 Å². The molecule has 2 rings (SSSR count). The van der Waals surface area contributed by atoms with Crippen LogP contribution in [0.5, 0.6) is 11.5 Å². The van der Waals surface area contributed by atoms with Gasteiger partial charge in [0.25, 0.3) is 0 Å². The summed E-state index contributed by atoms with van der Waals surface area (Å²) in [5, 5.41) is 1.17. The summed E-state index contributed by atoms with van der Waals surface area (Å²) in [6.07, 6.45) is 0. The first-order valence-corrected chi connectivity index (χ1v) is 11.4. The summed E-state index contributed by atoms with van der Waals surface area (Å²) >= 11 is 18.8. The van der Waals surface area contributed by atoms with Crippen molar-refractivity contribution in [2.75, 3.05) is 32.8 Å². The van der Waals surface area contributed by atoms with Crippen LogP contribution in [0, 0.1) is 11.8 Å². The molecule has 2 aromatic rings. The summed E-state index contributed by atoms with van der Waals surface area (Å²) in [6, 6.07) is 11.8. The Bertz CT molecular complexity index is 823. The normalized spacial score (nSPS) is 13.7. The van der Waals surface area contributed by atoms with Crippen LogP contribution in [-0.4, -0.2) is 32.8 Å². The molecule has 0 radical (unpaired) electrons. The van der Waals surface area contributed by atoms with E-state index in [1.165, 1.54) is 0 Å². The zero-order valence-corrected chi connectivity index (χ0v) is 20.6. The van der Waals surface area contributed by atoms with Gasteiger partial charge in [-0.3, -0.25) is 0 Å². The predicted octanol–water partition coefficient (Wildman–Crippen LogP) is 7.23. The second-order valence-electron chi connectivity index (χ2n) is 8.36. The van der Waals surface area contributed by atoms with Crippen LogP contribution in [0.25, 0.3) is 0 Å². The van der Waals surface area contributed by atoms with Gasteiger partial charge in [0.15, 0.2) is 0 Å². The predicted molar refractivity (Wildman–Crippen MR) is 127 cm³/mol. The maximum absolute atomic E-state index is 6.51. The smallest absolute Gasteiger partial charge is 0.137 e. The second kappa shape index (κ2) is 11.5. The lowest BCUT2D eigenvalue weighted by atomic mass is 9.78. The zero-order chi connectivity index (χ0) is 22.3. The molecule has 0 aromatic heterocycles. The number of hydrogen-bond donors (Lipinski definition) is 0. The van der Waals surface area contributed by atoms with Gasteiger partial charge in [-0.05, 0) is 35.4 Å². The van der Waals surface area contributed by atoms with Crippen LogP contribution in [0.1, 0.15) is 38.8 Å². The molecule has 3 nitrogen and oxygen atoms in total. The van der Waals surface area contributed by atoms with Gasteiger partial charge < -0.3 is 14.2 Å². The fourth-order valence-electron chi connectivity index (χ4n) is 3.02. The Morgan fingerprint density at radius 3 is 1.67 bits per heavy atom. The van der Waals surface area contributed by atoms with Crippen molar-refractivity contribution in [3.8, 4) is 11.5 Å². The fourth-order valence-corrected chi connectivity index (χ4v) is 3.58. The van der Waals surface area contributed by atoms with E-state index < -0.39 is 0 Å². The highest BCUT2D eigenvalue weighted by Gasteiger charge is 2.25. The van der Waals surface area contributed by atoms with E-state index in [-0.39, 0.29) is 17.3 Å². The summed E-state index contributed by atoms with van der Waals surface area (Å²) in [7, 11) is 1.69. The van der Waals surface area contributed by atoms with E-state index in [4.69, 9.17) is 49.0 Å². The topological polar surface area (TPSA) is 27.7 Å². The maximum Gasteiger partial charge on any atom is 0.137 e. The molecule has 0 heterocycles. The molecule has 0 aliphatic carbocycles. The molecule has 0 fully saturated rings. The lowest BCUT2D eigenvalue weighted by Crippen LogP contribution is -2.19. The van der Waals surface area contributed by atoms with Crippen molar-refractivity contribution in [2.24, 2.45) is 11.8 Å². The fraction of sp³-hybridized carbons (Fsp3) is 0.500. The quantitative estimate of drug-likeness (QED) is 0.322. The number of benzene rings is 2. The molecule has 0 N–H and O–H groups in total. The van der Waals surface area contributed by atoms with Gasteiger partial charge in [0, 0.05) is 30.2 Å². The number of halogens is 3. The molecule has 2 aromatic carbocycles. The van der Waals surface area contributed by atoms with Gasteiger partial charge in [-0.2, -0.15) is 0 Å². The molecule has 0 saturated carbocycles. The van der Waals surface area contributed by atoms with Crippen LogP contribution in [-0.2, 0) is 10.2 Å². The van der Waals surface area contributed by atoms with Crippen LogP contribution in [0.15, 0.2) is 36.4 Å². The van der Waals surface area contributed by atoms with Gasteiger partial charge in [0.1, 0.15) is 11.5 Å². The maximum atomic E-state index is 6.51. The average molecular weight is 474 g/mol. The first kappa shape index (κ1) is 25.1. The summed E-state index contributed by atoms with van der Waals surface area (Å²) < 4.78 is 16.8. The minimum absolute atomic E-state index is 0.263. The molecule has 2 atom stereocenters. The third kappa shape index (κ3) is 6.68. The standard InChI is InChI=1S/C24H31Cl3O3/c1-16(12-25)14-29-22-8-6-18(10-20(22)26)24(3,4)19-7-9-23(21(27)11-19)30-15-17(2)13-28-5/h6-11,16-17H,12-15H2,1-5H3/t16-,17+/m0/s1. The Hall–Kier alpha value is -1.13. The largest absolute Gasteiger partial charge is 0.492 e. The molecule has 166 valence electrons. The van der Waals surface area contributed by atoms with Crippen LogP contribution in [0.3, 0.4) is 0 Å². The Balaban J connectivity index is 2.16. The molecular weight excluding hydrogens is 443 g/mol. The van der Waals surface area contributed by atoms with E-state index in [0.717, 1.165) is 11.1 Å². The summed E-state index contributed by atoms with van der Waals surface area (Å²) in [6.45, 7) is 10.1. The van der Waals surface area contributed by atoms with E-state index in [9.17, 15) is 0 Å². The van der Waals surface area contributed by atoms with Gasteiger partial charge >= 0.3 is 0 Å². The Kier molecular flexibility index (Phi) is 9.62. The Morgan fingerprint density at radius 2 is 1.27 bits per heavy atom. The van der Waals surface area contributed by atoms with E-state index in [2.05, 4.69) is 20.8 Å². The SMILES string of the molecule is COC[C@@H](C)COc1ccc(C(C)(C)c2ccc(OC[C@@H](C)CCl)c(Cl)c2)cc1Cl. The second-order valence-corrected chi connectivity index (χ2v) is 9.48. The van der Waals surface area contributed by atoms with Crippen molar-refractivity contribution in [3.63, 3.8) is 0 Å². The van der Waals surface area contributed by atoms with Gasteiger partial charge in [0.05, 0.1) is 29.9 Å². The number of methoxy groups -OCH3 is 1. The van der Waals surface area contributed by atoms with E-state index in [1.54, 1.807) is 7.11 Å². The zero-order valence-electron chi connectivity index (χ0n) is 18.3. The molecule has 0 unspecified atom stereocenters. The van der Waals surface area contributed by atoms with Gasteiger partial charge in [-0.1, -0.05) is 63.0 Å². The lowest BCUT2D eigenvalue weighted by Gasteiger charge is -2.27. The average Bonchev–Trinajstić information content (AvgIpc) is 2.71. The molecule has 30 heavy (non-hydrogen) atoms. The first-order valence-electron chi connectivity index (χ1n) is 10.1. The molecule has 0 saturated heterocycles. The van der Waals surface area contributed by atoms with E-state index >= 15 is 0 Å². The molecular formula is C24H31Cl3O3. The van der Waals surface area contributed by atoms with Crippen molar-refractivity contribution in [3.05, 3.63) is 57.6 Å². The van der Waals surface area contributed by atoms with Crippen molar-refractivity contribution < 1.29 is 14.2 Å². The van der Waals surface area contributed by atoms with Gasteiger partial charge in [-0.15, -0.1) is 11.6 Å². The number of hydrogen-bond acceptors (Lipinski definition) is 3. The van der Waals surface area contributed by atoms with Crippen LogP contribution >= 0.6 is 34.8 Å². The molecule has 0 aliphatic rings. The van der Waals surface area contributed by atoms with Crippen molar-refractivity contribution in [1.82, 2.24) is 0 Å². The molecule has 6 heteroatoms. The summed E-state index contributed by atoms with van der Waals surface area (Å²) in [5.74, 6) is 2.44. The van der Waals surface area contributed by atoms with Gasteiger partial charge in [-0.25, -0.2) is 0 Å². The van der Waals surface area contributed by atoms with Gasteiger partial charge in [0.2, 0.25) is 0 Å². The third-order valence-corrected chi connectivity index (χ3v) is 6.19. The highest BCUT2D eigenvalue weighted by atomic mass is 35.5. The highest BCUT2D eigenvalue weighted by molar-refractivity contribution is 6.32. The van der Waals surface area contributed by atoms with Crippen molar-refractivity contribution in [2.45, 2.75) is 33.1 Å². The van der Waals surface area contributed by atoms with Crippen LogP contribution < -0.4 is 9.47 Å². The first-order chi connectivity index (χ1) is 14.2. The van der Waals surface area contributed by atoms with E-state index in [0.29, 0.717) is 47.2 Å². The Labute approximate surface area is 195 Å². The van der Waals surface area contributed by atoms with E-state index in [1.807, 2.05) is 43.3 Å². The molecule has 0 bridgehead atoms. The molecule has 0 amide bonds. The monoisotopic (exact) mass is 472 g/mol. The highest BCUT2D eigenvalue weighted by Crippen LogP contribution is 2.38. The third-order valence-electron chi connectivity index (χ3n) is 5.07. The number of ether oxygens (including phenoxy) is 3. The number of alkyl halides is 1. The van der Waals surface area contributed by atoms with Crippen LogP contribution in [0.2, 0.25) is 10.0 Å². The van der Waals surface area contributed by atoms with Crippen molar-refractivity contribution in [1.29, 1.82) is 0 Å². The summed E-state index contributed by atoms with van der Waals surface area (Å²) in [5.41, 5.74) is 1.85. The van der Waals surface area contributed by atoms with Crippen LogP contribution in [0.4, 0.5) is 0 Å². The molecule has 0 spiro atoms. The molecule has 0 aliphatic heterocycles. The number of rotatable bonds is 11. The Morgan fingerprint density at radius 1 is 0.800 bits per heavy atom. The minimum atomic E-state index is -0.295. The minimum Gasteiger partial charge on any atom is -0.492 e. The summed E-state index contributed by atoms with van der Waals surface area (Å²) in [4.78, 5) is 0.